The molecule has 6 nitrogen and oxygen atoms in total. The molecule has 0 radical (unpaired) electrons. The Kier molecular flexibility index (Phi) is 4.25. The number of aromatic nitrogens is 3. The van der Waals surface area contributed by atoms with Crippen LogP contribution in [0.5, 0.6) is 5.75 Å². The number of nitrogens with zero attached hydrogens (tertiary/aromatic N) is 2. The molecule has 3 rings (SSSR count). The van der Waals surface area contributed by atoms with Crippen molar-refractivity contribution in [1.29, 1.82) is 0 Å². The van der Waals surface area contributed by atoms with Gasteiger partial charge in [-0.3, -0.25) is 5.10 Å². The minimum Gasteiger partial charge on any atom is -0.508 e. The van der Waals surface area contributed by atoms with Crippen molar-refractivity contribution in [3.8, 4) is 5.75 Å². The molecule has 0 saturated heterocycles. The van der Waals surface area contributed by atoms with E-state index in [1.54, 1.807) is 17.8 Å². The summed E-state index contributed by atoms with van der Waals surface area (Å²) in [6, 6.07) is 5.61. The lowest BCUT2D eigenvalue weighted by Crippen LogP contribution is -2.55. The minimum atomic E-state index is -0.143. The van der Waals surface area contributed by atoms with Gasteiger partial charge in [-0.25, -0.2) is 0 Å². The van der Waals surface area contributed by atoms with Gasteiger partial charge in [0.25, 0.3) is 0 Å². The number of thioether (sulfide) groups is 1. The first-order chi connectivity index (χ1) is 11.0. The number of fused-ring (bicyclic) bond motifs is 1. The van der Waals surface area contributed by atoms with Crippen LogP contribution in [0.1, 0.15) is 37.8 Å². The third-order valence-corrected chi connectivity index (χ3v) is 6.27. The second-order valence-electron chi connectivity index (χ2n) is 6.09. The fourth-order valence-corrected chi connectivity index (χ4v) is 4.96. The van der Waals surface area contributed by atoms with Crippen LogP contribution in [0.2, 0.25) is 0 Å². The zero-order chi connectivity index (χ0) is 16.6. The van der Waals surface area contributed by atoms with E-state index in [1.165, 1.54) is 11.1 Å². The molecule has 23 heavy (non-hydrogen) atoms. The zero-order valence-corrected chi connectivity index (χ0v) is 14.2. The van der Waals surface area contributed by atoms with Crippen molar-refractivity contribution in [1.82, 2.24) is 15.2 Å². The molecule has 1 heterocycles. The van der Waals surface area contributed by atoms with Crippen molar-refractivity contribution < 1.29 is 5.11 Å². The van der Waals surface area contributed by atoms with E-state index in [9.17, 15) is 5.11 Å². The number of H-pyrrole nitrogens is 1. The minimum absolute atomic E-state index is 0.0388. The van der Waals surface area contributed by atoms with Crippen molar-refractivity contribution in [2.45, 2.75) is 55.0 Å². The number of benzene rings is 1. The van der Waals surface area contributed by atoms with Gasteiger partial charge in [0.05, 0.1) is 0 Å². The molecule has 0 bridgehead atoms. The fraction of sp³-hybridized carbons (Fsp3) is 0.500. The van der Waals surface area contributed by atoms with Crippen LogP contribution in [0, 0.1) is 0 Å². The van der Waals surface area contributed by atoms with E-state index in [0.717, 1.165) is 19.3 Å². The third-order valence-electron chi connectivity index (χ3n) is 5.10. The maximum atomic E-state index is 9.92. The SMILES string of the molecule is CCC1(CC)c2cc(O)ccc2C[C@@H](Sc2nc(N)n[nH]2)[C@@H]1N. The second-order valence-corrected chi connectivity index (χ2v) is 7.32. The normalized spacial score (nSPS) is 22.7. The van der Waals surface area contributed by atoms with E-state index in [0.29, 0.717) is 10.9 Å². The first-order valence-electron chi connectivity index (χ1n) is 7.92. The number of phenols is 1. The molecule has 2 aromatic rings. The molecule has 0 unspecified atom stereocenters. The van der Waals surface area contributed by atoms with Crippen molar-refractivity contribution >= 4 is 17.7 Å². The molecule has 6 N–H and O–H groups in total. The Hall–Kier alpha value is -1.73. The lowest BCUT2D eigenvalue weighted by molar-refractivity contribution is 0.290. The van der Waals surface area contributed by atoms with Gasteiger partial charge in [0.2, 0.25) is 5.95 Å². The summed E-state index contributed by atoms with van der Waals surface area (Å²) in [5.74, 6) is 0.552. The van der Waals surface area contributed by atoms with Crippen LogP contribution in [0.15, 0.2) is 23.4 Å². The van der Waals surface area contributed by atoms with Gasteiger partial charge in [0.15, 0.2) is 5.16 Å². The summed E-state index contributed by atoms with van der Waals surface area (Å²) in [4.78, 5) is 4.19. The van der Waals surface area contributed by atoms with Gasteiger partial charge in [-0.15, -0.1) is 5.10 Å². The Morgan fingerprint density at radius 3 is 2.74 bits per heavy atom. The molecule has 1 aliphatic carbocycles. The van der Waals surface area contributed by atoms with Gasteiger partial charge in [0, 0.05) is 16.7 Å². The Labute approximate surface area is 140 Å². The Bertz CT molecular complexity index is 698. The molecule has 0 spiro atoms. The van der Waals surface area contributed by atoms with Crippen LogP contribution < -0.4 is 11.5 Å². The van der Waals surface area contributed by atoms with Crippen LogP contribution in [-0.4, -0.2) is 31.6 Å². The number of aromatic hydroxyl groups is 1. The topological polar surface area (TPSA) is 114 Å². The number of hydrogen-bond donors (Lipinski definition) is 4. The van der Waals surface area contributed by atoms with Gasteiger partial charge in [-0.1, -0.05) is 31.7 Å². The van der Waals surface area contributed by atoms with E-state index in [-0.39, 0.29) is 22.7 Å². The smallest absolute Gasteiger partial charge is 0.240 e. The lowest BCUT2D eigenvalue weighted by atomic mass is 9.63. The summed E-state index contributed by atoms with van der Waals surface area (Å²) >= 11 is 1.60. The molecule has 0 saturated carbocycles. The van der Waals surface area contributed by atoms with Crippen LogP contribution in [0.25, 0.3) is 0 Å². The molecule has 0 aliphatic heterocycles. The number of nitrogen functional groups attached to an aromatic ring is 1. The van der Waals surface area contributed by atoms with E-state index in [2.05, 4.69) is 29.0 Å². The first kappa shape index (κ1) is 16.1. The molecule has 0 fully saturated rings. The summed E-state index contributed by atoms with van der Waals surface area (Å²) in [6.45, 7) is 4.33. The highest BCUT2D eigenvalue weighted by Gasteiger charge is 2.45. The van der Waals surface area contributed by atoms with Crippen molar-refractivity contribution in [2.24, 2.45) is 5.73 Å². The first-order valence-corrected chi connectivity index (χ1v) is 8.80. The van der Waals surface area contributed by atoms with Gasteiger partial charge < -0.3 is 16.6 Å². The van der Waals surface area contributed by atoms with Crippen LogP contribution in [-0.2, 0) is 11.8 Å². The maximum absolute atomic E-state index is 9.92. The average Bonchev–Trinajstić information content (AvgIpc) is 2.95. The Morgan fingerprint density at radius 1 is 1.39 bits per heavy atom. The Balaban J connectivity index is 2.00. The largest absolute Gasteiger partial charge is 0.508 e. The number of rotatable bonds is 4. The summed E-state index contributed by atoms with van der Waals surface area (Å²) in [6.07, 6.45) is 2.69. The summed E-state index contributed by atoms with van der Waals surface area (Å²) in [5, 5.41) is 17.5. The van der Waals surface area contributed by atoms with Gasteiger partial charge in [0.1, 0.15) is 5.75 Å². The summed E-state index contributed by atoms with van der Waals surface area (Å²) in [7, 11) is 0. The maximum Gasteiger partial charge on any atom is 0.240 e. The number of nitrogens with two attached hydrogens (primary N) is 2. The number of nitrogens with one attached hydrogen (secondary N) is 1. The van der Waals surface area contributed by atoms with E-state index >= 15 is 0 Å². The zero-order valence-electron chi connectivity index (χ0n) is 13.4. The van der Waals surface area contributed by atoms with Crippen molar-refractivity contribution in [2.75, 3.05) is 5.73 Å². The van der Waals surface area contributed by atoms with Crippen molar-refractivity contribution in [3.05, 3.63) is 29.3 Å². The van der Waals surface area contributed by atoms with E-state index < -0.39 is 0 Å². The number of hydrogen-bond acceptors (Lipinski definition) is 6. The molecule has 1 aromatic heterocycles. The summed E-state index contributed by atoms with van der Waals surface area (Å²) < 4.78 is 0. The predicted molar refractivity (Wildman–Crippen MR) is 92.5 cm³/mol. The van der Waals surface area contributed by atoms with Crippen LogP contribution >= 0.6 is 11.8 Å². The monoisotopic (exact) mass is 333 g/mol. The van der Waals surface area contributed by atoms with Crippen LogP contribution in [0.3, 0.4) is 0 Å². The number of anilines is 1. The molecule has 1 aliphatic rings. The molecule has 0 amide bonds. The highest BCUT2D eigenvalue weighted by atomic mass is 32.2. The van der Waals surface area contributed by atoms with Gasteiger partial charge in [-0.2, -0.15) is 4.98 Å². The Morgan fingerprint density at radius 2 is 2.13 bits per heavy atom. The highest BCUT2D eigenvalue weighted by Crippen LogP contribution is 2.46. The van der Waals surface area contributed by atoms with E-state index in [1.807, 2.05) is 12.1 Å². The summed E-state index contributed by atoms with van der Waals surface area (Å²) in [5.41, 5.74) is 14.6. The number of aromatic amines is 1. The average molecular weight is 333 g/mol. The van der Waals surface area contributed by atoms with Crippen molar-refractivity contribution in [3.63, 3.8) is 0 Å². The third kappa shape index (κ3) is 2.68. The van der Waals surface area contributed by atoms with Gasteiger partial charge >= 0.3 is 0 Å². The second kappa shape index (κ2) is 6.05. The standard InChI is InChI=1S/C16H23N5OS/c1-3-16(4-2)11-8-10(22)6-5-9(11)7-12(13(16)17)23-15-19-14(18)20-21-15/h5-6,8,12-13,22H,3-4,7,17H2,1-2H3,(H3,18,19,20,21)/t12-,13+/m1/s1. The molecular formula is C16H23N5OS. The van der Waals surface area contributed by atoms with Gasteiger partial charge in [-0.05, 0) is 42.5 Å². The lowest BCUT2D eigenvalue weighted by Gasteiger charge is -2.46. The van der Waals surface area contributed by atoms with E-state index in [4.69, 9.17) is 11.5 Å². The van der Waals surface area contributed by atoms with Crippen LogP contribution in [0.4, 0.5) is 5.95 Å². The molecule has 7 heteroatoms. The highest BCUT2D eigenvalue weighted by molar-refractivity contribution is 7.99. The molecular weight excluding hydrogens is 310 g/mol. The number of phenolic OH excluding ortho intramolecular Hbond substituents is 1. The molecule has 124 valence electrons. The molecule has 2 atom stereocenters. The predicted octanol–water partition coefficient (Wildman–Crippen LogP) is 2.19. The fourth-order valence-electron chi connectivity index (χ4n) is 3.76. The quantitative estimate of drug-likeness (QED) is 0.682. The molecule has 1 aromatic carbocycles.